The van der Waals surface area contributed by atoms with E-state index in [1.807, 2.05) is 43.3 Å². The van der Waals surface area contributed by atoms with E-state index in [0.29, 0.717) is 17.2 Å². The van der Waals surface area contributed by atoms with E-state index >= 15 is 0 Å². The van der Waals surface area contributed by atoms with Gasteiger partial charge in [-0.3, -0.25) is 4.79 Å². The number of nitrogens with one attached hydrogen (secondary N) is 1. The van der Waals surface area contributed by atoms with Gasteiger partial charge in [0.1, 0.15) is 12.7 Å². The van der Waals surface area contributed by atoms with Crippen molar-refractivity contribution in [3.05, 3.63) is 77.0 Å². The summed E-state index contributed by atoms with van der Waals surface area (Å²) in [6.45, 7) is 2.24. The monoisotopic (exact) mass is 366 g/mol. The van der Waals surface area contributed by atoms with Crippen molar-refractivity contribution < 1.29 is 9.21 Å². The molecule has 4 rings (SSSR count). The maximum absolute atomic E-state index is 12.5. The number of aryl methyl sites for hydroxylation is 1. The van der Waals surface area contributed by atoms with Crippen molar-refractivity contribution in [3.63, 3.8) is 0 Å². The first kappa shape index (κ1) is 16.4. The lowest BCUT2D eigenvalue weighted by atomic mass is 10.1. The molecule has 26 heavy (non-hydrogen) atoms. The third-order valence-electron chi connectivity index (χ3n) is 4.19. The van der Waals surface area contributed by atoms with Gasteiger partial charge in [-0.2, -0.15) is 5.10 Å². The minimum atomic E-state index is -0.268. The molecule has 7 heteroatoms. The van der Waals surface area contributed by atoms with Crippen LogP contribution in [0.25, 0.3) is 16.7 Å². The van der Waals surface area contributed by atoms with E-state index in [2.05, 4.69) is 15.4 Å². The Bertz CT molecular complexity index is 1070. The molecule has 0 saturated heterocycles. The summed E-state index contributed by atoms with van der Waals surface area (Å²) in [5.74, 6) is 0.0162. The van der Waals surface area contributed by atoms with Crippen LogP contribution < -0.4 is 5.32 Å². The van der Waals surface area contributed by atoms with E-state index in [4.69, 9.17) is 16.0 Å². The fraction of sp³-hybridized carbons (Fsp3) is 0.105. The van der Waals surface area contributed by atoms with Crippen molar-refractivity contribution in [2.45, 2.75) is 13.5 Å². The minimum Gasteiger partial charge on any atom is -0.449 e. The molecule has 2 heterocycles. The summed E-state index contributed by atoms with van der Waals surface area (Å²) in [5.41, 5.74) is 3.19. The van der Waals surface area contributed by atoms with Crippen molar-refractivity contribution in [3.8, 4) is 5.69 Å². The molecule has 0 aliphatic carbocycles. The van der Waals surface area contributed by atoms with Crippen LogP contribution in [0.5, 0.6) is 0 Å². The van der Waals surface area contributed by atoms with Crippen molar-refractivity contribution in [1.29, 1.82) is 0 Å². The first-order valence-corrected chi connectivity index (χ1v) is 8.41. The van der Waals surface area contributed by atoms with Crippen LogP contribution in [0, 0.1) is 6.92 Å². The number of hydrogen-bond donors (Lipinski definition) is 1. The van der Waals surface area contributed by atoms with Gasteiger partial charge in [0.25, 0.3) is 5.91 Å². The van der Waals surface area contributed by atoms with E-state index in [9.17, 15) is 4.79 Å². The molecule has 0 aliphatic heterocycles. The molecule has 0 saturated carbocycles. The highest BCUT2D eigenvalue weighted by Crippen LogP contribution is 2.30. The zero-order valence-electron chi connectivity index (χ0n) is 13.9. The second-order valence-electron chi connectivity index (χ2n) is 5.86. The standard InChI is InChI=1S/C19H15ClN4O2/c1-12-15-3-2-4-16(20)18(15)26-17(12)19(25)22-9-13-5-7-14(8-6-13)24-11-21-10-23-24/h2-8,10-11H,9H2,1H3,(H,22,25). The number of para-hydroxylation sites is 1. The molecule has 0 atom stereocenters. The number of nitrogens with zero attached hydrogens (tertiary/aromatic N) is 3. The second kappa shape index (κ2) is 6.65. The van der Waals surface area contributed by atoms with Gasteiger partial charge >= 0.3 is 0 Å². The predicted octanol–water partition coefficient (Wildman–Crippen LogP) is 3.91. The number of benzene rings is 2. The van der Waals surface area contributed by atoms with Crippen LogP contribution in [0.15, 0.2) is 59.5 Å². The summed E-state index contributed by atoms with van der Waals surface area (Å²) in [6, 6.07) is 13.2. The molecular formula is C19H15ClN4O2. The van der Waals surface area contributed by atoms with Crippen LogP contribution in [0.2, 0.25) is 5.02 Å². The first-order valence-electron chi connectivity index (χ1n) is 8.03. The molecule has 6 nitrogen and oxygen atoms in total. The van der Waals surface area contributed by atoms with Crippen molar-refractivity contribution >= 4 is 28.5 Å². The lowest BCUT2D eigenvalue weighted by molar-refractivity contribution is 0.0924. The van der Waals surface area contributed by atoms with Crippen LogP contribution in [-0.4, -0.2) is 20.7 Å². The second-order valence-corrected chi connectivity index (χ2v) is 6.27. The highest BCUT2D eigenvalue weighted by molar-refractivity contribution is 6.35. The maximum atomic E-state index is 12.5. The van der Waals surface area contributed by atoms with Crippen LogP contribution in [0.1, 0.15) is 21.7 Å². The average molecular weight is 367 g/mol. The Labute approximate surface area is 154 Å². The topological polar surface area (TPSA) is 73.0 Å². The molecule has 2 aromatic heterocycles. The Morgan fingerprint density at radius 2 is 2.04 bits per heavy atom. The quantitative estimate of drug-likeness (QED) is 0.594. The Morgan fingerprint density at radius 1 is 1.23 bits per heavy atom. The number of rotatable bonds is 4. The Balaban J connectivity index is 1.49. The number of carbonyl (C=O) groups excluding carboxylic acids is 1. The molecule has 4 aromatic rings. The van der Waals surface area contributed by atoms with Gasteiger partial charge in [0.15, 0.2) is 11.3 Å². The molecule has 0 fully saturated rings. The van der Waals surface area contributed by atoms with Crippen molar-refractivity contribution in [2.24, 2.45) is 0 Å². The highest BCUT2D eigenvalue weighted by atomic mass is 35.5. The molecule has 0 radical (unpaired) electrons. The van der Waals surface area contributed by atoms with Gasteiger partial charge < -0.3 is 9.73 Å². The number of carbonyl (C=O) groups is 1. The fourth-order valence-corrected chi connectivity index (χ4v) is 3.01. The minimum absolute atomic E-state index is 0.268. The third-order valence-corrected chi connectivity index (χ3v) is 4.49. The number of aromatic nitrogens is 3. The molecule has 0 unspecified atom stereocenters. The van der Waals surface area contributed by atoms with E-state index in [-0.39, 0.29) is 11.7 Å². The van der Waals surface area contributed by atoms with Gasteiger partial charge in [-0.05, 0) is 30.7 Å². The Kier molecular flexibility index (Phi) is 4.18. The van der Waals surface area contributed by atoms with Gasteiger partial charge in [-0.25, -0.2) is 9.67 Å². The highest BCUT2D eigenvalue weighted by Gasteiger charge is 2.18. The summed E-state index contributed by atoms with van der Waals surface area (Å²) >= 11 is 6.14. The number of fused-ring (bicyclic) bond motifs is 1. The molecular weight excluding hydrogens is 352 g/mol. The van der Waals surface area contributed by atoms with Gasteiger partial charge in [0, 0.05) is 17.5 Å². The average Bonchev–Trinajstić information content (AvgIpc) is 3.30. The number of furan rings is 1. The van der Waals surface area contributed by atoms with Gasteiger partial charge in [0.2, 0.25) is 0 Å². The van der Waals surface area contributed by atoms with E-state index < -0.39 is 0 Å². The number of hydrogen-bond acceptors (Lipinski definition) is 4. The van der Waals surface area contributed by atoms with Crippen LogP contribution in [-0.2, 0) is 6.54 Å². The summed E-state index contributed by atoms with van der Waals surface area (Å²) in [7, 11) is 0. The molecule has 1 N–H and O–H groups in total. The summed E-state index contributed by atoms with van der Waals surface area (Å²) in [4.78, 5) is 16.4. The van der Waals surface area contributed by atoms with Crippen LogP contribution in [0.4, 0.5) is 0 Å². The zero-order chi connectivity index (χ0) is 18.1. The predicted molar refractivity (Wildman–Crippen MR) is 98.5 cm³/mol. The summed E-state index contributed by atoms with van der Waals surface area (Å²) in [6.07, 6.45) is 3.11. The van der Waals surface area contributed by atoms with Crippen molar-refractivity contribution in [1.82, 2.24) is 20.1 Å². The first-order chi connectivity index (χ1) is 12.6. The lowest BCUT2D eigenvalue weighted by Crippen LogP contribution is -2.22. The molecule has 2 aromatic carbocycles. The normalized spacial score (nSPS) is 11.0. The Hall–Kier alpha value is -3.12. The molecule has 1 amide bonds. The fourth-order valence-electron chi connectivity index (χ4n) is 2.80. The summed E-state index contributed by atoms with van der Waals surface area (Å²) < 4.78 is 7.36. The van der Waals surface area contributed by atoms with E-state index in [0.717, 1.165) is 22.2 Å². The Morgan fingerprint density at radius 3 is 2.73 bits per heavy atom. The zero-order valence-corrected chi connectivity index (χ0v) is 14.7. The molecule has 0 aliphatic rings. The summed E-state index contributed by atoms with van der Waals surface area (Å²) in [5, 5.41) is 8.30. The maximum Gasteiger partial charge on any atom is 0.287 e. The molecule has 0 bridgehead atoms. The molecule has 130 valence electrons. The largest absolute Gasteiger partial charge is 0.449 e. The van der Waals surface area contributed by atoms with Crippen LogP contribution in [0.3, 0.4) is 0 Å². The third kappa shape index (κ3) is 2.95. The number of halogens is 1. The van der Waals surface area contributed by atoms with Crippen LogP contribution >= 0.6 is 11.6 Å². The van der Waals surface area contributed by atoms with Gasteiger partial charge in [0.05, 0.1) is 10.7 Å². The van der Waals surface area contributed by atoms with Gasteiger partial charge in [-0.15, -0.1) is 0 Å². The molecule has 0 spiro atoms. The SMILES string of the molecule is Cc1c(C(=O)NCc2ccc(-n3cncn3)cc2)oc2c(Cl)cccc12. The lowest BCUT2D eigenvalue weighted by Gasteiger charge is -2.06. The van der Waals surface area contributed by atoms with E-state index in [1.165, 1.54) is 6.33 Å². The van der Waals surface area contributed by atoms with Gasteiger partial charge in [-0.1, -0.05) is 35.9 Å². The number of amides is 1. The smallest absolute Gasteiger partial charge is 0.287 e. The van der Waals surface area contributed by atoms with E-state index in [1.54, 1.807) is 17.1 Å². The van der Waals surface area contributed by atoms with Crippen molar-refractivity contribution in [2.75, 3.05) is 0 Å².